The van der Waals surface area contributed by atoms with Gasteiger partial charge in [-0.15, -0.1) is 0 Å². The van der Waals surface area contributed by atoms with E-state index in [0.29, 0.717) is 0 Å². The van der Waals surface area contributed by atoms with Gasteiger partial charge in [0.05, 0.1) is 5.92 Å². The van der Waals surface area contributed by atoms with Crippen molar-refractivity contribution in [1.29, 1.82) is 0 Å². The summed E-state index contributed by atoms with van der Waals surface area (Å²) in [6.45, 7) is -0.384. The molecule has 0 aliphatic carbocycles. The summed E-state index contributed by atoms with van der Waals surface area (Å²) in [5.74, 6) is -4.78. The lowest BCUT2D eigenvalue weighted by Crippen LogP contribution is -2.23. The summed E-state index contributed by atoms with van der Waals surface area (Å²) in [6, 6.07) is 1.71. The molecule has 6 heteroatoms. The Balaban J connectivity index is 3.29. The van der Waals surface area contributed by atoms with Crippen molar-refractivity contribution in [2.75, 3.05) is 6.54 Å². The molecule has 0 aliphatic rings. The van der Waals surface area contributed by atoms with E-state index >= 15 is 0 Å². The lowest BCUT2D eigenvalue weighted by molar-refractivity contribution is -0.138. The van der Waals surface area contributed by atoms with Crippen LogP contribution in [0.5, 0.6) is 0 Å². The lowest BCUT2D eigenvalue weighted by Gasteiger charge is -2.12. The normalized spacial score (nSPS) is 12.5. The van der Waals surface area contributed by atoms with Crippen molar-refractivity contribution in [3.05, 3.63) is 34.4 Å². The summed E-state index contributed by atoms with van der Waals surface area (Å²) in [5, 5.41) is 8.57. The van der Waals surface area contributed by atoms with Crippen molar-refractivity contribution in [2.45, 2.75) is 5.92 Å². The summed E-state index contributed by atoms with van der Waals surface area (Å²) < 4.78 is 26.5. The van der Waals surface area contributed by atoms with Gasteiger partial charge in [-0.25, -0.2) is 8.78 Å². The zero-order chi connectivity index (χ0) is 11.6. The standard InChI is InChI=1S/C9H8ClF2NO2/c10-4-1-6(11)8(7(12)2-4)5(3-13)9(14)15/h1-2,5H,3,13H2,(H,14,15). The van der Waals surface area contributed by atoms with Gasteiger partial charge in [-0.05, 0) is 12.1 Å². The Hall–Kier alpha value is -1.20. The Kier molecular flexibility index (Phi) is 3.60. The molecule has 15 heavy (non-hydrogen) atoms. The summed E-state index contributed by atoms with van der Waals surface area (Å²) in [6.07, 6.45) is 0. The van der Waals surface area contributed by atoms with Crippen molar-refractivity contribution in [3.63, 3.8) is 0 Å². The van der Waals surface area contributed by atoms with Gasteiger partial charge in [-0.1, -0.05) is 11.6 Å². The molecule has 3 nitrogen and oxygen atoms in total. The van der Waals surface area contributed by atoms with Crippen molar-refractivity contribution in [3.8, 4) is 0 Å². The third kappa shape index (κ3) is 2.43. The maximum Gasteiger partial charge on any atom is 0.312 e. The molecule has 1 rings (SSSR count). The maximum atomic E-state index is 13.3. The van der Waals surface area contributed by atoms with E-state index in [1.165, 1.54) is 0 Å². The fourth-order valence-electron chi connectivity index (χ4n) is 1.23. The summed E-state index contributed by atoms with van der Waals surface area (Å²) in [5.41, 5.74) is 4.57. The minimum Gasteiger partial charge on any atom is -0.481 e. The van der Waals surface area contributed by atoms with Gasteiger partial charge >= 0.3 is 5.97 Å². The molecule has 0 saturated heterocycles. The molecule has 0 spiro atoms. The number of carboxylic acid groups (broad SMARTS) is 1. The van der Waals surface area contributed by atoms with E-state index in [4.69, 9.17) is 22.4 Å². The Morgan fingerprint density at radius 1 is 1.47 bits per heavy atom. The molecule has 0 amide bonds. The first-order valence-corrected chi connectivity index (χ1v) is 4.42. The van der Waals surface area contributed by atoms with Gasteiger partial charge in [0.15, 0.2) is 0 Å². The number of hydrogen-bond acceptors (Lipinski definition) is 2. The van der Waals surface area contributed by atoms with Gasteiger partial charge in [0.25, 0.3) is 0 Å². The Morgan fingerprint density at radius 3 is 2.27 bits per heavy atom. The van der Waals surface area contributed by atoms with Crippen LogP contribution in [0, 0.1) is 11.6 Å². The first-order chi connectivity index (χ1) is 6.97. The third-order valence-corrected chi connectivity index (χ3v) is 2.14. The van der Waals surface area contributed by atoms with Crippen molar-refractivity contribution in [1.82, 2.24) is 0 Å². The predicted octanol–water partition coefficient (Wildman–Crippen LogP) is 1.75. The minimum atomic E-state index is -1.40. The molecule has 0 saturated carbocycles. The van der Waals surface area contributed by atoms with Crippen LogP contribution in [0.2, 0.25) is 5.02 Å². The summed E-state index contributed by atoms with van der Waals surface area (Å²) in [7, 11) is 0. The molecule has 82 valence electrons. The smallest absolute Gasteiger partial charge is 0.312 e. The highest BCUT2D eigenvalue weighted by atomic mass is 35.5. The molecule has 0 heterocycles. The van der Waals surface area contributed by atoms with Gasteiger partial charge in [0.2, 0.25) is 0 Å². The lowest BCUT2D eigenvalue weighted by atomic mass is 9.98. The van der Waals surface area contributed by atoms with Gasteiger partial charge in [0, 0.05) is 17.1 Å². The van der Waals surface area contributed by atoms with Gasteiger partial charge < -0.3 is 10.8 Å². The molecule has 0 radical (unpaired) electrons. The van der Waals surface area contributed by atoms with Crippen LogP contribution < -0.4 is 5.73 Å². The SMILES string of the molecule is NCC(C(=O)O)c1c(F)cc(Cl)cc1F. The topological polar surface area (TPSA) is 63.3 Å². The molecular weight excluding hydrogens is 228 g/mol. The number of rotatable bonds is 3. The van der Waals surface area contributed by atoms with E-state index in [9.17, 15) is 13.6 Å². The fraction of sp³-hybridized carbons (Fsp3) is 0.222. The average molecular weight is 236 g/mol. The number of halogens is 3. The van der Waals surface area contributed by atoms with Crippen LogP contribution in [0.15, 0.2) is 12.1 Å². The molecule has 1 aromatic carbocycles. The Morgan fingerprint density at radius 2 is 1.93 bits per heavy atom. The fourth-order valence-corrected chi connectivity index (χ4v) is 1.42. The average Bonchev–Trinajstić information content (AvgIpc) is 2.09. The van der Waals surface area contributed by atoms with E-state index < -0.39 is 29.1 Å². The molecule has 0 fully saturated rings. The number of nitrogens with two attached hydrogens (primary N) is 1. The minimum absolute atomic E-state index is 0.130. The second-order valence-corrected chi connectivity index (χ2v) is 3.35. The molecule has 0 aromatic heterocycles. The van der Waals surface area contributed by atoms with E-state index in [-0.39, 0.29) is 11.6 Å². The number of aliphatic carboxylic acids is 1. The first kappa shape index (κ1) is 11.9. The molecule has 3 N–H and O–H groups in total. The van der Waals surface area contributed by atoms with Crippen LogP contribution >= 0.6 is 11.6 Å². The monoisotopic (exact) mass is 235 g/mol. The van der Waals surface area contributed by atoms with Crippen LogP contribution in [0.4, 0.5) is 8.78 Å². The molecule has 0 bridgehead atoms. The largest absolute Gasteiger partial charge is 0.481 e. The highest BCUT2D eigenvalue weighted by Crippen LogP contribution is 2.25. The number of carboxylic acids is 1. The zero-order valence-electron chi connectivity index (χ0n) is 7.51. The molecule has 0 aliphatic heterocycles. The Bertz CT molecular complexity index is 375. The molecular formula is C9H8ClF2NO2. The summed E-state index contributed by atoms with van der Waals surface area (Å²) in [4.78, 5) is 10.7. The van der Waals surface area contributed by atoms with E-state index in [2.05, 4.69) is 0 Å². The van der Waals surface area contributed by atoms with Crippen LogP contribution in [-0.4, -0.2) is 17.6 Å². The number of hydrogen-bond donors (Lipinski definition) is 2. The van der Waals surface area contributed by atoms with Crippen LogP contribution in [0.3, 0.4) is 0 Å². The Labute approximate surface area is 89.5 Å². The van der Waals surface area contributed by atoms with E-state index in [0.717, 1.165) is 12.1 Å². The molecule has 1 unspecified atom stereocenters. The van der Waals surface area contributed by atoms with E-state index in [1.807, 2.05) is 0 Å². The number of carbonyl (C=O) groups is 1. The first-order valence-electron chi connectivity index (χ1n) is 4.04. The second-order valence-electron chi connectivity index (χ2n) is 2.91. The maximum absolute atomic E-state index is 13.3. The van der Waals surface area contributed by atoms with Crippen molar-refractivity contribution < 1.29 is 18.7 Å². The summed E-state index contributed by atoms with van der Waals surface area (Å²) >= 11 is 5.39. The van der Waals surface area contributed by atoms with E-state index in [1.54, 1.807) is 0 Å². The van der Waals surface area contributed by atoms with Crippen LogP contribution in [-0.2, 0) is 4.79 Å². The molecule has 1 aromatic rings. The zero-order valence-corrected chi connectivity index (χ0v) is 8.26. The molecule has 1 atom stereocenters. The second kappa shape index (κ2) is 4.55. The third-order valence-electron chi connectivity index (χ3n) is 1.93. The number of benzene rings is 1. The highest BCUT2D eigenvalue weighted by Gasteiger charge is 2.25. The van der Waals surface area contributed by atoms with Gasteiger partial charge in [-0.2, -0.15) is 0 Å². The predicted molar refractivity (Wildman–Crippen MR) is 50.8 cm³/mol. The quantitative estimate of drug-likeness (QED) is 0.839. The van der Waals surface area contributed by atoms with Crippen LogP contribution in [0.25, 0.3) is 0 Å². The van der Waals surface area contributed by atoms with Gasteiger partial charge in [-0.3, -0.25) is 4.79 Å². The highest BCUT2D eigenvalue weighted by molar-refractivity contribution is 6.30. The van der Waals surface area contributed by atoms with Crippen LogP contribution in [0.1, 0.15) is 11.5 Å². The van der Waals surface area contributed by atoms with Gasteiger partial charge in [0.1, 0.15) is 11.6 Å². The van der Waals surface area contributed by atoms with Crippen molar-refractivity contribution >= 4 is 17.6 Å². The van der Waals surface area contributed by atoms with Crippen molar-refractivity contribution in [2.24, 2.45) is 5.73 Å².